The highest BCUT2D eigenvalue weighted by Gasteiger charge is 2.32. The minimum Gasteiger partial charge on any atom is -0.493 e. The number of thioether (sulfide) groups is 1. The Morgan fingerprint density at radius 2 is 1.79 bits per heavy atom. The van der Waals surface area contributed by atoms with Crippen molar-refractivity contribution in [2.45, 2.75) is 44.2 Å². The summed E-state index contributed by atoms with van der Waals surface area (Å²) in [5, 5.41) is 3.25. The standard InChI is InChI=1S/C28H39N2O9PS2/c1-6-37-40(32,38-7-2)18-23-19-41-28(29-23)30-27(31)22-14-24(16-25(15-22)39-20(3)17-35-4)36-13-12-21-8-10-26(11-9-21)42(5,33)34/h8-11,14-16,20,23H,6-7,12-13,17-19H2,1-5H3,(H,29,30,31)/t20-,23?/m0/s1. The molecule has 42 heavy (non-hydrogen) atoms. The van der Waals surface area contributed by atoms with E-state index in [4.69, 9.17) is 23.3 Å². The average Bonchev–Trinajstić information content (AvgIpc) is 3.34. The van der Waals surface area contributed by atoms with E-state index < -0.39 is 23.3 Å². The third-order valence-electron chi connectivity index (χ3n) is 5.91. The highest BCUT2D eigenvalue weighted by Crippen LogP contribution is 2.49. The zero-order chi connectivity index (χ0) is 30.8. The quantitative estimate of drug-likeness (QED) is 0.259. The van der Waals surface area contributed by atoms with Crippen LogP contribution in [0.15, 0.2) is 52.4 Å². The van der Waals surface area contributed by atoms with Crippen molar-refractivity contribution in [1.82, 2.24) is 5.32 Å². The number of sulfone groups is 1. The molecule has 2 aromatic carbocycles. The number of aliphatic imine (C=N–C) groups is 1. The molecule has 0 saturated heterocycles. The molecule has 11 nitrogen and oxygen atoms in total. The predicted molar refractivity (Wildman–Crippen MR) is 164 cm³/mol. The second-order valence-corrected chi connectivity index (χ2v) is 14.7. The topological polar surface area (TPSA) is 139 Å². The van der Waals surface area contributed by atoms with Crippen LogP contribution in [0.3, 0.4) is 0 Å². The Morgan fingerprint density at radius 1 is 1.12 bits per heavy atom. The molecule has 2 aromatic rings. The van der Waals surface area contributed by atoms with Gasteiger partial charge in [0.2, 0.25) is 0 Å². The van der Waals surface area contributed by atoms with E-state index in [2.05, 4.69) is 10.3 Å². The highest BCUT2D eigenvalue weighted by atomic mass is 32.2. The van der Waals surface area contributed by atoms with Crippen molar-refractivity contribution >= 4 is 40.3 Å². The van der Waals surface area contributed by atoms with Crippen molar-refractivity contribution in [3.63, 3.8) is 0 Å². The molecule has 0 aliphatic carbocycles. The van der Waals surface area contributed by atoms with Crippen molar-refractivity contribution in [2.75, 3.05) is 51.7 Å². The molecule has 1 aliphatic rings. The number of carbonyl (C=O) groups is 1. The van der Waals surface area contributed by atoms with Gasteiger partial charge in [-0.25, -0.2) is 8.42 Å². The van der Waals surface area contributed by atoms with Gasteiger partial charge < -0.3 is 28.6 Å². The summed E-state index contributed by atoms with van der Waals surface area (Å²) in [5.74, 6) is 1.01. The summed E-state index contributed by atoms with van der Waals surface area (Å²) in [6.07, 6.45) is 1.56. The first-order chi connectivity index (χ1) is 19.9. The van der Waals surface area contributed by atoms with E-state index in [1.54, 1.807) is 63.4 Å². The van der Waals surface area contributed by atoms with E-state index in [-0.39, 0.29) is 36.4 Å². The lowest BCUT2D eigenvalue weighted by atomic mass is 10.1. The van der Waals surface area contributed by atoms with Crippen LogP contribution >= 0.6 is 19.4 Å². The maximum Gasteiger partial charge on any atom is 0.332 e. The molecule has 1 heterocycles. The summed E-state index contributed by atoms with van der Waals surface area (Å²) in [5.41, 5.74) is 1.22. The molecule has 1 unspecified atom stereocenters. The number of nitrogens with zero attached hydrogens (tertiary/aromatic N) is 1. The van der Waals surface area contributed by atoms with Crippen LogP contribution in [0.5, 0.6) is 11.5 Å². The van der Waals surface area contributed by atoms with Gasteiger partial charge in [0.05, 0.1) is 43.5 Å². The average molecular weight is 643 g/mol. The summed E-state index contributed by atoms with van der Waals surface area (Å²) >= 11 is 1.36. The molecule has 1 N–H and O–H groups in total. The highest BCUT2D eigenvalue weighted by molar-refractivity contribution is 8.14. The molecule has 0 saturated carbocycles. The SMILES string of the molecule is CCOP(=O)(CC1CSC(NC(=O)c2cc(OCCc3ccc(S(C)(=O)=O)cc3)cc(O[C@@H](C)COC)c2)=N1)OCC. The minimum atomic E-state index is -3.27. The lowest BCUT2D eigenvalue weighted by Gasteiger charge is -2.18. The molecule has 1 aliphatic heterocycles. The fourth-order valence-corrected chi connectivity index (χ4v) is 7.62. The Morgan fingerprint density at radius 3 is 2.40 bits per heavy atom. The number of methoxy groups -OCH3 is 1. The molecule has 0 bridgehead atoms. The molecular weight excluding hydrogens is 603 g/mol. The van der Waals surface area contributed by atoms with E-state index in [1.165, 1.54) is 18.0 Å². The number of ether oxygens (including phenoxy) is 3. The van der Waals surface area contributed by atoms with Crippen LogP contribution in [-0.4, -0.2) is 83.3 Å². The van der Waals surface area contributed by atoms with Crippen molar-refractivity contribution in [3.05, 3.63) is 53.6 Å². The zero-order valence-corrected chi connectivity index (χ0v) is 27.1. The molecule has 232 valence electrons. The molecule has 0 radical (unpaired) electrons. The number of hydrogen-bond donors (Lipinski definition) is 1. The van der Waals surface area contributed by atoms with Gasteiger partial charge in [-0.3, -0.25) is 14.4 Å². The summed E-state index contributed by atoms with van der Waals surface area (Å²) in [4.78, 5) is 18.0. The van der Waals surface area contributed by atoms with Crippen molar-refractivity contribution in [1.29, 1.82) is 0 Å². The van der Waals surface area contributed by atoms with Gasteiger partial charge in [-0.15, -0.1) is 0 Å². The fraction of sp³-hybridized carbons (Fsp3) is 0.500. The number of hydrogen-bond acceptors (Lipinski definition) is 11. The molecular formula is C28H39N2O9PS2. The Labute approximate surface area is 252 Å². The Bertz CT molecular complexity index is 1370. The van der Waals surface area contributed by atoms with Crippen LogP contribution in [0, 0.1) is 0 Å². The van der Waals surface area contributed by atoms with Gasteiger partial charge in [0.1, 0.15) is 17.6 Å². The van der Waals surface area contributed by atoms with Crippen LogP contribution in [0.2, 0.25) is 0 Å². The first kappa shape index (κ1) is 34.1. The minimum absolute atomic E-state index is 0.136. The van der Waals surface area contributed by atoms with Gasteiger partial charge in [-0.2, -0.15) is 0 Å². The maximum absolute atomic E-state index is 13.2. The third kappa shape index (κ3) is 10.7. The van der Waals surface area contributed by atoms with Crippen LogP contribution in [0.25, 0.3) is 0 Å². The van der Waals surface area contributed by atoms with Crippen LogP contribution < -0.4 is 14.8 Å². The zero-order valence-electron chi connectivity index (χ0n) is 24.5. The maximum atomic E-state index is 13.2. The monoisotopic (exact) mass is 642 g/mol. The van der Waals surface area contributed by atoms with Gasteiger partial charge >= 0.3 is 7.60 Å². The number of nitrogens with one attached hydrogen (secondary N) is 1. The van der Waals surface area contributed by atoms with Crippen molar-refractivity contribution in [2.24, 2.45) is 4.99 Å². The van der Waals surface area contributed by atoms with E-state index >= 15 is 0 Å². The van der Waals surface area contributed by atoms with Gasteiger partial charge in [0, 0.05) is 37.2 Å². The van der Waals surface area contributed by atoms with Crippen LogP contribution in [-0.2, 0) is 34.6 Å². The van der Waals surface area contributed by atoms with E-state index in [1.807, 2.05) is 6.92 Å². The first-order valence-electron chi connectivity index (χ1n) is 13.6. The van der Waals surface area contributed by atoms with Gasteiger partial charge in [-0.05, 0) is 50.6 Å². The number of benzene rings is 2. The molecule has 1 amide bonds. The number of carbonyl (C=O) groups excluding carboxylic acids is 1. The summed E-state index contributed by atoms with van der Waals surface area (Å²) < 4.78 is 64.1. The summed E-state index contributed by atoms with van der Waals surface area (Å²) in [6.45, 7) is 6.56. The number of amides is 1. The fourth-order valence-electron chi connectivity index (χ4n) is 4.09. The Hall–Kier alpha value is -2.41. The second kappa shape index (κ2) is 15.9. The van der Waals surface area contributed by atoms with Gasteiger partial charge in [0.25, 0.3) is 5.91 Å². The molecule has 2 atom stereocenters. The third-order valence-corrected chi connectivity index (χ3v) is 10.2. The molecule has 14 heteroatoms. The summed E-state index contributed by atoms with van der Waals surface area (Å²) in [6, 6.07) is 11.3. The molecule has 0 fully saturated rings. The van der Waals surface area contributed by atoms with E-state index in [9.17, 15) is 17.8 Å². The van der Waals surface area contributed by atoms with Gasteiger partial charge in [0.15, 0.2) is 15.0 Å². The van der Waals surface area contributed by atoms with E-state index in [0.29, 0.717) is 47.6 Å². The van der Waals surface area contributed by atoms with Crippen LogP contribution in [0.1, 0.15) is 36.7 Å². The smallest absolute Gasteiger partial charge is 0.332 e. The van der Waals surface area contributed by atoms with Crippen LogP contribution in [0.4, 0.5) is 0 Å². The number of amidine groups is 1. The summed E-state index contributed by atoms with van der Waals surface area (Å²) in [7, 11) is -4.95. The number of rotatable bonds is 16. The normalized spacial score (nSPS) is 16.1. The molecule has 3 rings (SSSR count). The molecule has 0 aromatic heterocycles. The Kier molecular flexibility index (Phi) is 12.9. The second-order valence-electron chi connectivity index (χ2n) is 9.57. The lowest BCUT2D eigenvalue weighted by Crippen LogP contribution is -2.27. The first-order valence-corrected chi connectivity index (χ1v) is 18.2. The largest absolute Gasteiger partial charge is 0.493 e. The lowest BCUT2D eigenvalue weighted by molar-refractivity contribution is 0.0912. The molecule has 0 spiro atoms. The van der Waals surface area contributed by atoms with E-state index in [0.717, 1.165) is 5.56 Å². The Balaban J connectivity index is 1.70. The van der Waals surface area contributed by atoms with Crippen molar-refractivity contribution in [3.8, 4) is 11.5 Å². The predicted octanol–water partition coefficient (Wildman–Crippen LogP) is 4.59. The van der Waals surface area contributed by atoms with Gasteiger partial charge in [-0.1, -0.05) is 23.9 Å². The van der Waals surface area contributed by atoms with Crippen molar-refractivity contribution < 1.29 is 41.0 Å².